The van der Waals surface area contributed by atoms with Crippen LogP contribution >= 0.6 is 0 Å². The number of pyridine rings is 1. The molecular weight excluding hydrogens is 342 g/mol. The lowest BCUT2D eigenvalue weighted by atomic mass is 10.2. The molecule has 0 fully saturated rings. The highest BCUT2D eigenvalue weighted by molar-refractivity contribution is 7.92. The van der Waals surface area contributed by atoms with Gasteiger partial charge in [0.1, 0.15) is 5.75 Å². The lowest BCUT2D eigenvalue weighted by Crippen LogP contribution is -2.50. The number of para-hydroxylation sites is 2. The minimum atomic E-state index is -3.50. The third-order valence-electron chi connectivity index (χ3n) is 3.92. The average Bonchev–Trinajstić information content (AvgIpc) is 2.66. The standard InChI is InChI=1S/C17H19N3O4S/c1-2-25(22,23)20-12-16(24-15-8-4-3-7-14(15)20)17(21)19-11-13-6-5-9-18-10-13/h3-10,16H,2,11-12H2,1H3,(H,19,21)/t16-/m0/s1. The number of aromatic nitrogens is 1. The van der Waals surface area contributed by atoms with Crippen LogP contribution in [0.3, 0.4) is 0 Å². The molecule has 1 atom stereocenters. The van der Waals surface area contributed by atoms with Gasteiger partial charge in [0.05, 0.1) is 18.0 Å². The molecule has 0 unspecified atom stereocenters. The van der Waals surface area contributed by atoms with E-state index in [-0.39, 0.29) is 18.2 Å². The maximum atomic E-state index is 12.5. The Morgan fingerprint density at radius 3 is 2.84 bits per heavy atom. The average molecular weight is 361 g/mol. The lowest BCUT2D eigenvalue weighted by molar-refractivity contribution is -0.127. The Bertz CT molecular complexity index is 855. The molecule has 1 aliphatic rings. The fraction of sp³-hybridized carbons (Fsp3) is 0.294. The van der Waals surface area contributed by atoms with Crippen LogP contribution in [0.4, 0.5) is 5.69 Å². The zero-order valence-corrected chi connectivity index (χ0v) is 14.6. The molecule has 1 N–H and O–H groups in total. The molecule has 0 saturated heterocycles. The van der Waals surface area contributed by atoms with Crippen LogP contribution in [-0.4, -0.2) is 37.7 Å². The SMILES string of the molecule is CCS(=O)(=O)N1C[C@@H](C(=O)NCc2cccnc2)Oc2ccccc21. The van der Waals surface area contributed by atoms with Gasteiger partial charge in [-0.2, -0.15) is 0 Å². The van der Waals surface area contributed by atoms with Crippen molar-refractivity contribution in [3.05, 3.63) is 54.4 Å². The molecule has 0 bridgehead atoms. The van der Waals surface area contributed by atoms with E-state index in [1.807, 2.05) is 6.07 Å². The number of benzene rings is 1. The van der Waals surface area contributed by atoms with Gasteiger partial charge in [-0.05, 0) is 30.7 Å². The summed E-state index contributed by atoms with van der Waals surface area (Å²) in [7, 11) is -3.50. The zero-order chi connectivity index (χ0) is 17.9. The van der Waals surface area contributed by atoms with E-state index in [0.29, 0.717) is 18.0 Å². The first-order valence-electron chi connectivity index (χ1n) is 7.94. The molecule has 7 nitrogen and oxygen atoms in total. The van der Waals surface area contributed by atoms with Crippen molar-refractivity contribution in [2.75, 3.05) is 16.6 Å². The summed E-state index contributed by atoms with van der Waals surface area (Å²) in [6, 6.07) is 10.4. The van der Waals surface area contributed by atoms with Gasteiger partial charge in [0.25, 0.3) is 5.91 Å². The van der Waals surface area contributed by atoms with Gasteiger partial charge in [0.2, 0.25) is 10.0 Å². The predicted octanol–water partition coefficient (Wildman–Crippen LogP) is 1.32. The van der Waals surface area contributed by atoms with E-state index in [1.54, 1.807) is 49.6 Å². The number of hydrogen-bond donors (Lipinski definition) is 1. The molecule has 0 spiro atoms. The van der Waals surface area contributed by atoms with E-state index in [1.165, 1.54) is 4.31 Å². The minimum Gasteiger partial charge on any atom is -0.476 e. The van der Waals surface area contributed by atoms with Crippen molar-refractivity contribution >= 4 is 21.6 Å². The number of rotatable bonds is 5. The van der Waals surface area contributed by atoms with Gasteiger partial charge in [-0.15, -0.1) is 0 Å². The number of ether oxygens (including phenoxy) is 1. The Hall–Kier alpha value is -2.61. The second-order valence-electron chi connectivity index (χ2n) is 5.58. The highest BCUT2D eigenvalue weighted by Crippen LogP contribution is 2.35. The number of fused-ring (bicyclic) bond motifs is 1. The highest BCUT2D eigenvalue weighted by atomic mass is 32.2. The zero-order valence-electron chi connectivity index (χ0n) is 13.8. The number of hydrogen-bond acceptors (Lipinski definition) is 5. The monoisotopic (exact) mass is 361 g/mol. The molecular formula is C17H19N3O4S. The first kappa shape index (κ1) is 17.2. The van der Waals surface area contributed by atoms with E-state index >= 15 is 0 Å². The topological polar surface area (TPSA) is 88.6 Å². The number of nitrogens with zero attached hydrogens (tertiary/aromatic N) is 2. The van der Waals surface area contributed by atoms with E-state index in [2.05, 4.69) is 10.3 Å². The van der Waals surface area contributed by atoms with Gasteiger partial charge >= 0.3 is 0 Å². The fourth-order valence-corrected chi connectivity index (χ4v) is 3.69. The van der Waals surface area contributed by atoms with Crippen LogP contribution in [0.1, 0.15) is 12.5 Å². The Morgan fingerprint density at radius 2 is 2.12 bits per heavy atom. The van der Waals surface area contributed by atoms with Gasteiger partial charge < -0.3 is 10.1 Å². The maximum Gasteiger partial charge on any atom is 0.263 e. The van der Waals surface area contributed by atoms with Crippen LogP contribution in [0.25, 0.3) is 0 Å². The smallest absolute Gasteiger partial charge is 0.263 e. The molecule has 8 heteroatoms. The van der Waals surface area contributed by atoms with Crippen molar-refractivity contribution in [1.29, 1.82) is 0 Å². The summed E-state index contributed by atoms with van der Waals surface area (Å²) in [6.07, 6.45) is 2.40. The van der Waals surface area contributed by atoms with Crippen molar-refractivity contribution in [2.45, 2.75) is 19.6 Å². The van der Waals surface area contributed by atoms with Gasteiger partial charge in [-0.25, -0.2) is 8.42 Å². The first-order chi connectivity index (χ1) is 12.0. The van der Waals surface area contributed by atoms with E-state index in [9.17, 15) is 13.2 Å². The Balaban J connectivity index is 1.78. The number of carbonyl (C=O) groups excluding carboxylic acids is 1. The quantitative estimate of drug-likeness (QED) is 0.868. The Labute approximate surface area is 146 Å². The van der Waals surface area contributed by atoms with Crippen LogP contribution in [-0.2, 0) is 21.4 Å². The second-order valence-corrected chi connectivity index (χ2v) is 7.77. The summed E-state index contributed by atoms with van der Waals surface area (Å²) in [4.78, 5) is 16.5. The molecule has 1 aromatic carbocycles. The van der Waals surface area contributed by atoms with E-state index in [4.69, 9.17) is 4.74 Å². The van der Waals surface area contributed by atoms with Gasteiger partial charge in [-0.1, -0.05) is 18.2 Å². The van der Waals surface area contributed by atoms with Crippen LogP contribution in [0, 0.1) is 0 Å². The number of sulfonamides is 1. The summed E-state index contributed by atoms with van der Waals surface area (Å²) in [5.74, 6) is -0.0345. The molecule has 1 aromatic heterocycles. The van der Waals surface area contributed by atoms with Crippen LogP contribution < -0.4 is 14.4 Å². The molecule has 25 heavy (non-hydrogen) atoms. The first-order valence-corrected chi connectivity index (χ1v) is 9.55. The van der Waals surface area contributed by atoms with Crippen molar-refractivity contribution in [1.82, 2.24) is 10.3 Å². The van der Waals surface area contributed by atoms with Gasteiger partial charge in [0, 0.05) is 18.9 Å². The molecule has 2 heterocycles. The number of nitrogens with one attached hydrogen (secondary N) is 1. The van der Waals surface area contributed by atoms with Crippen LogP contribution in [0.5, 0.6) is 5.75 Å². The maximum absolute atomic E-state index is 12.5. The Morgan fingerprint density at radius 1 is 1.32 bits per heavy atom. The predicted molar refractivity (Wildman–Crippen MR) is 93.7 cm³/mol. The van der Waals surface area contributed by atoms with Crippen molar-refractivity contribution in [2.24, 2.45) is 0 Å². The van der Waals surface area contributed by atoms with Crippen molar-refractivity contribution < 1.29 is 17.9 Å². The number of amides is 1. The van der Waals surface area contributed by atoms with Gasteiger partial charge in [-0.3, -0.25) is 14.1 Å². The molecule has 1 aliphatic heterocycles. The third-order valence-corrected chi connectivity index (χ3v) is 5.66. The molecule has 3 rings (SSSR count). The normalized spacial score (nSPS) is 16.7. The minimum absolute atomic E-state index is 0.0495. The molecule has 2 aromatic rings. The molecule has 1 amide bonds. The molecule has 0 aliphatic carbocycles. The third kappa shape index (κ3) is 3.74. The Kier molecular flexibility index (Phi) is 4.89. The summed E-state index contributed by atoms with van der Waals surface area (Å²) in [6.45, 7) is 1.83. The summed E-state index contributed by atoms with van der Waals surface area (Å²) in [5.41, 5.74) is 1.31. The summed E-state index contributed by atoms with van der Waals surface area (Å²) >= 11 is 0. The number of anilines is 1. The van der Waals surface area contributed by atoms with Gasteiger partial charge in [0.15, 0.2) is 6.10 Å². The molecule has 0 radical (unpaired) electrons. The van der Waals surface area contributed by atoms with E-state index < -0.39 is 16.1 Å². The van der Waals surface area contributed by atoms with Crippen molar-refractivity contribution in [3.8, 4) is 5.75 Å². The summed E-state index contributed by atoms with van der Waals surface area (Å²) in [5, 5.41) is 2.76. The van der Waals surface area contributed by atoms with Crippen molar-refractivity contribution in [3.63, 3.8) is 0 Å². The lowest BCUT2D eigenvalue weighted by Gasteiger charge is -2.34. The largest absolute Gasteiger partial charge is 0.476 e. The fourth-order valence-electron chi connectivity index (χ4n) is 2.56. The molecule has 132 valence electrons. The molecule has 0 saturated carbocycles. The summed E-state index contributed by atoms with van der Waals surface area (Å²) < 4.78 is 31.8. The van der Waals surface area contributed by atoms with E-state index in [0.717, 1.165) is 5.56 Å². The highest BCUT2D eigenvalue weighted by Gasteiger charge is 2.35. The van der Waals surface area contributed by atoms with Crippen LogP contribution in [0.15, 0.2) is 48.8 Å². The van der Waals surface area contributed by atoms with Crippen LogP contribution in [0.2, 0.25) is 0 Å². The second kappa shape index (κ2) is 7.10. The number of carbonyl (C=O) groups is 1.